The van der Waals surface area contributed by atoms with Crippen LogP contribution >= 0.6 is 11.6 Å². The Morgan fingerprint density at radius 3 is 2.72 bits per heavy atom. The molecule has 0 heterocycles. The maximum absolute atomic E-state index is 12.7. The first-order valence-electron chi connectivity index (χ1n) is 7.62. The molecule has 1 aliphatic carbocycles. The van der Waals surface area contributed by atoms with Gasteiger partial charge < -0.3 is 5.73 Å². The van der Waals surface area contributed by atoms with Crippen LogP contribution in [0.2, 0.25) is 5.02 Å². The van der Waals surface area contributed by atoms with E-state index < -0.39 is 31.6 Å². The van der Waals surface area contributed by atoms with Crippen LogP contribution in [0.25, 0.3) is 0 Å². The monoisotopic (exact) mass is 381 g/mol. The number of nitro groups is 1. The highest BCUT2D eigenvalue weighted by atomic mass is 35.5. The van der Waals surface area contributed by atoms with Crippen LogP contribution in [0.3, 0.4) is 0 Å². The largest absolute Gasteiger partial charge is 0.399 e. The number of nitrogens with zero attached hydrogens (tertiary/aromatic N) is 1. The molecule has 0 fully saturated rings. The lowest BCUT2D eigenvalue weighted by Gasteiger charge is -2.26. The second-order valence-corrected chi connectivity index (χ2v) is 8.01. The zero-order valence-corrected chi connectivity index (χ0v) is 14.7. The molecule has 0 aromatic heterocycles. The van der Waals surface area contributed by atoms with E-state index in [1.54, 1.807) is 12.1 Å². The number of rotatable bonds is 4. The van der Waals surface area contributed by atoms with E-state index in [1.165, 1.54) is 6.07 Å². The summed E-state index contributed by atoms with van der Waals surface area (Å²) in [5.41, 5.74) is 7.70. The summed E-state index contributed by atoms with van der Waals surface area (Å²) < 4.78 is 28.0. The molecule has 1 aliphatic rings. The van der Waals surface area contributed by atoms with Gasteiger partial charge in [0.15, 0.2) is 4.90 Å². The Morgan fingerprint density at radius 2 is 2.00 bits per heavy atom. The molecule has 7 nitrogen and oxygen atoms in total. The van der Waals surface area contributed by atoms with Crippen molar-refractivity contribution in [3.05, 3.63) is 62.7 Å². The summed E-state index contributed by atoms with van der Waals surface area (Å²) in [5.74, 6) is 0. The van der Waals surface area contributed by atoms with Crippen LogP contribution in [0.5, 0.6) is 0 Å². The summed E-state index contributed by atoms with van der Waals surface area (Å²) in [5, 5.41) is 11.3. The standard InChI is InChI=1S/C16H16ClN3O4S/c17-11-4-7-16(15(9-11)20(21)22)25(23,24)19-14-3-1-2-10-8-12(18)5-6-13(10)14/h4-9,14,19H,1-3,18H2. The Bertz CT molecular complexity index is 946. The lowest BCUT2D eigenvalue weighted by Crippen LogP contribution is -2.31. The summed E-state index contributed by atoms with van der Waals surface area (Å²) in [7, 11) is -4.09. The number of fused-ring (bicyclic) bond motifs is 1. The molecule has 0 saturated carbocycles. The zero-order chi connectivity index (χ0) is 18.2. The number of hydrogen-bond donors (Lipinski definition) is 2. The van der Waals surface area contributed by atoms with Crippen LogP contribution in [-0.2, 0) is 16.4 Å². The van der Waals surface area contributed by atoms with E-state index >= 15 is 0 Å². The fourth-order valence-electron chi connectivity index (χ4n) is 3.07. The highest BCUT2D eigenvalue weighted by molar-refractivity contribution is 7.89. The van der Waals surface area contributed by atoms with Crippen molar-refractivity contribution < 1.29 is 13.3 Å². The highest BCUT2D eigenvalue weighted by Gasteiger charge is 2.30. The molecule has 2 aromatic carbocycles. The molecule has 132 valence electrons. The van der Waals surface area contributed by atoms with Crippen LogP contribution in [0.15, 0.2) is 41.3 Å². The topological polar surface area (TPSA) is 115 Å². The van der Waals surface area contributed by atoms with Crippen LogP contribution in [0, 0.1) is 10.1 Å². The molecule has 3 N–H and O–H groups in total. The third kappa shape index (κ3) is 3.60. The molecule has 9 heteroatoms. The van der Waals surface area contributed by atoms with Crippen molar-refractivity contribution in [3.63, 3.8) is 0 Å². The van der Waals surface area contributed by atoms with Crippen molar-refractivity contribution in [1.82, 2.24) is 4.72 Å². The molecular formula is C16H16ClN3O4S. The Hall–Kier alpha value is -2.16. The van der Waals surface area contributed by atoms with Crippen LogP contribution in [0.1, 0.15) is 30.0 Å². The van der Waals surface area contributed by atoms with Gasteiger partial charge in [-0.2, -0.15) is 0 Å². The number of aryl methyl sites for hydroxylation is 1. The highest BCUT2D eigenvalue weighted by Crippen LogP contribution is 2.34. The lowest BCUT2D eigenvalue weighted by molar-refractivity contribution is -0.387. The molecule has 1 unspecified atom stereocenters. The molecule has 2 aromatic rings. The number of nitrogen functional groups attached to an aromatic ring is 1. The smallest absolute Gasteiger partial charge is 0.290 e. The summed E-state index contributed by atoms with van der Waals surface area (Å²) in [6.45, 7) is 0. The van der Waals surface area contributed by atoms with Gasteiger partial charge in [0.1, 0.15) is 0 Å². The first-order chi connectivity index (χ1) is 11.8. The normalized spacial score (nSPS) is 17.1. The summed E-state index contributed by atoms with van der Waals surface area (Å²) >= 11 is 5.75. The molecule has 0 aliphatic heterocycles. The van der Waals surface area contributed by atoms with Gasteiger partial charge in [-0.1, -0.05) is 17.7 Å². The van der Waals surface area contributed by atoms with Crippen molar-refractivity contribution in [2.75, 3.05) is 5.73 Å². The third-order valence-corrected chi connectivity index (χ3v) is 5.94. The quantitative estimate of drug-likeness (QED) is 0.479. The Balaban J connectivity index is 1.98. The number of nitro benzene ring substituents is 1. The fraction of sp³-hybridized carbons (Fsp3) is 0.250. The minimum absolute atomic E-state index is 0.101. The first kappa shape index (κ1) is 17.7. The predicted octanol–water partition coefficient (Wildman–Crippen LogP) is 3.19. The van der Waals surface area contributed by atoms with E-state index in [1.807, 2.05) is 6.07 Å². The Kier molecular flexibility index (Phi) is 4.68. The van der Waals surface area contributed by atoms with Gasteiger partial charge in [0, 0.05) is 22.8 Å². The van der Waals surface area contributed by atoms with Crippen molar-refractivity contribution >= 4 is 33.0 Å². The second kappa shape index (κ2) is 6.62. The minimum atomic E-state index is -4.09. The number of sulfonamides is 1. The molecule has 3 rings (SSSR count). The fourth-order valence-corrected chi connectivity index (χ4v) is 4.64. The van der Waals surface area contributed by atoms with E-state index in [0.717, 1.165) is 36.1 Å². The summed E-state index contributed by atoms with van der Waals surface area (Å²) in [4.78, 5) is 10.0. The van der Waals surface area contributed by atoms with Gasteiger partial charge in [-0.15, -0.1) is 0 Å². The van der Waals surface area contributed by atoms with Gasteiger partial charge in [-0.05, 0) is 54.7 Å². The Labute approximate surface area is 150 Å². The van der Waals surface area contributed by atoms with E-state index in [0.29, 0.717) is 12.1 Å². The van der Waals surface area contributed by atoms with Gasteiger partial charge in [-0.3, -0.25) is 10.1 Å². The molecule has 0 bridgehead atoms. The number of nitrogens with two attached hydrogens (primary N) is 1. The van der Waals surface area contributed by atoms with Gasteiger partial charge >= 0.3 is 0 Å². The molecule has 0 radical (unpaired) electrons. The maximum atomic E-state index is 12.7. The molecule has 0 amide bonds. The van der Waals surface area contributed by atoms with Gasteiger partial charge in [0.25, 0.3) is 5.69 Å². The molecule has 1 atom stereocenters. The van der Waals surface area contributed by atoms with Crippen LogP contribution in [0.4, 0.5) is 11.4 Å². The van der Waals surface area contributed by atoms with Crippen molar-refractivity contribution in [2.45, 2.75) is 30.2 Å². The number of hydrogen-bond acceptors (Lipinski definition) is 5. The van der Waals surface area contributed by atoms with Crippen molar-refractivity contribution in [2.24, 2.45) is 0 Å². The van der Waals surface area contributed by atoms with Crippen LogP contribution in [-0.4, -0.2) is 13.3 Å². The number of anilines is 1. The SMILES string of the molecule is Nc1ccc2c(c1)CCCC2NS(=O)(=O)c1ccc(Cl)cc1[N+](=O)[O-]. The summed E-state index contributed by atoms with van der Waals surface area (Å²) in [6, 6.07) is 8.40. The third-order valence-electron chi connectivity index (χ3n) is 4.19. The zero-order valence-electron chi connectivity index (χ0n) is 13.1. The Morgan fingerprint density at radius 1 is 1.24 bits per heavy atom. The van der Waals surface area contributed by atoms with E-state index in [2.05, 4.69) is 4.72 Å². The summed E-state index contributed by atoms with van der Waals surface area (Å²) in [6.07, 6.45) is 2.23. The predicted molar refractivity (Wildman–Crippen MR) is 95.0 cm³/mol. The van der Waals surface area contributed by atoms with E-state index in [4.69, 9.17) is 17.3 Å². The maximum Gasteiger partial charge on any atom is 0.290 e. The lowest BCUT2D eigenvalue weighted by atomic mass is 9.88. The number of benzene rings is 2. The average molecular weight is 382 g/mol. The number of nitrogens with one attached hydrogen (secondary N) is 1. The van der Waals surface area contributed by atoms with Gasteiger partial charge in [0.05, 0.1) is 4.92 Å². The van der Waals surface area contributed by atoms with E-state index in [9.17, 15) is 18.5 Å². The second-order valence-electron chi connectivity index (χ2n) is 5.89. The molecule has 0 spiro atoms. The molecule has 25 heavy (non-hydrogen) atoms. The number of halogens is 1. The average Bonchev–Trinajstić information content (AvgIpc) is 2.54. The minimum Gasteiger partial charge on any atom is -0.399 e. The van der Waals surface area contributed by atoms with Crippen molar-refractivity contribution in [1.29, 1.82) is 0 Å². The molecule has 0 saturated heterocycles. The first-order valence-corrected chi connectivity index (χ1v) is 9.48. The van der Waals surface area contributed by atoms with Crippen molar-refractivity contribution in [3.8, 4) is 0 Å². The molecular weight excluding hydrogens is 366 g/mol. The van der Waals surface area contributed by atoms with Gasteiger partial charge in [-0.25, -0.2) is 13.1 Å². The van der Waals surface area contributed by atoms with Crippen LogP contribution < -0.4 is 10.5 Å². The van der Waals surface area contributed by atoms with Gasteiger partial charge in [0.2, 0.25) is 10.0 Å². The van der Waals surface area contributed by atoms with E-state index in [-0.39, 0.29) is 5.02 Å².